The predicted molar refractivity (Wildman–Crippen MR) is 132 cm³/mol. The van der Waals surface area contributed by atoms with Crippen molar-refractivity contribution in [3.05, 3.63) is 65.2 Å². The van der Waals surface area contributed by atoms with Gasteiger partial charge in [-0.3, -0.25) is 4.72 Å². The molecule has 0 amide bonds. The molecule has 0 aliphatic carbocycles. The van der Waals surface area contributed by atoms with Crippen molar-refractivity contribution in [2.75, 3.05) is 33.2 Å². The molecule has 0 fully saturated rings. The number of hydrogen-bond donors (Lipinski definition) is 2. The Balaban J connectivity index is 2.00. The van der Waals surface area contributed by atoms with E-state index >= 15 is 0 Å². The molecule has 0 atom stereocenters. The third-order valence-corrected chi connectivity index (χ3v) is 6.55. The molecule has 0 saturated carbocycles. The standard InChI is InChI=1S/C25H24F3NO7S/c1-33-20-11-15(8-9-16-12-21(34-2)24(36-4)22(13-16)35-3)10-19(23(20)30)29-37(31,32)18-7-5-6-17(14-18)25(26,27)28/h5-14,29-30H,1-4H3/b9-8-. The highest BCUT2D eigenvalue weighted by Gasteiger charge is 2.32. The average Bonchev–Trinajstić information content (AvgIpc) is 2.87. The number of halogens is 3. The molecule has 3 aromatic carbocycles. The number of ether oxygens (including phenoxy) is 4. The Morgan fingerprint density at radius 1 is 0.811 bits per heavy atom. The Morgan fingerprint density at radius 3 is 1.86 bits per heavy atom. The molecule has 8 nitrogen and oxygen atoms in total. The van der Waals surface area contributed by atoms with Crippen LogP contribution in [0.4, 0.5) is 18.9 Å². The van der Waals surface area contributed by atoms with Crippen molar-refractivity contribution in [3.8, 4) is 28.7 Å². The summed E-state index contributed by atoms with van der Waals surface area (Å²) in [6.07, 6.45) is -1.46. The molecule has 0 aromatic heterocycles. The zero-order valence-corrected chi connectivity index (χ0v) is 21.0. The van der Waals surface area contributed by atoms with E-state index in [1.165, 1.54) is 40.6 Å². The van der Waals surface area contributed by atoms with E-state index in [0.717, 1.165) is 18.2 Å². The second kappa shape index (κ2) is 10.9. The van der Waals surface area contributed by atoms with Crippen LogP contribution in [0, 0.1) is 0 Å². The normalized spacial score (nSPS) is 11.9. The third kappa shape index (κ3) is 6.20. The first-order valence-corrected chi connectivity index (χ1v) is 12.0. The van der Waals surface area contributed by atoms with Crippen LogP contribution in [0.15, 0.2) is 53.4 Å². The van der Waals surface area contributed by atoms with E-state index in [2.05, 4.69) is 4.72 Å². The van der Waals surface area contributed by atoms with Crippen molar-refractivity contribution >= 4 is 27.9 Å². The summed E-state index contributed by atoms with van der Waals surface area (Å²) in [7, 11) is 1.19. The zero-order valence-electron chi connectivity index (χ0n) is 20.2. The lowest BCUT2D eigenvalue weighted by Crippen LogP contribution is -2.15. The minimum absolute atomic E-state index is 0.0613. The van der Waals surface area contributed by atoms with Crippen LogP contribution in [0.2, 0.25) is 0 Å². The lowest BCUT2D eigenvalue weighted by atomic mass is 10.1. The fourth-order valence-electron chi connectivity index (χ4n) is 3.39. The molecular formula is C25H24F3NO7S. The number of phenolic OH excluding ortho intramolecular Hbond substituents is 1. The van der Waals surface area contributed by atoms with Crippen LogP contribution in [0.25, 0.3) is 12.2 Å². The summed E-state index contributed by atoms with van der Waals surface area (Å²) in [6.45, 7) is 0. The number of anilines is 1. The number of benzene rings is 3. The van der Waals surface area contributed by atoms with E-state index in [9.17, 15) is 26.7 Å². The topological polar surface area (TPSA) is 103 Å². The van der Waals surface area contributed by atoms with E-state index in [1.807, 2.05) is 0 Å². The van der Waals surface area contributed by atoms with Gasteiger partial charge < -0.3 is 24.1 Å². The summed E-state index contributed by atoms with van der Waals surface area (Å²) in [4.78, 5) is -0.626. The van der Waals surface area contributed by atoms with Gasteiger partial charge in [-0.2, -0.15) is 13.2 Å². The van der Waals surface area contributed by atoms with Crippen LogP contribution in [-0.2, 0) is 16.2 Å². The van der Waals surface area contributed by atoms with Gasteiger partial charge >= 0.3 is 6.18 Å². The Labute approximate surface area is 211 Å². The van der Waals surface area contributed by atoms with Crippen molar-refractivity contribution in [2.45, 2.75) is 11.1 Å². The molecule has 0 aliphatic heterocycles. The van der Waals surface area contributed by atoms with Gasteiger partial charge in [0, 0.05) is 0 Å². The molecule has 37 heavy (non-hydrogen) atoms. The minimum Gasteiger partial charge on any atom is -0.503 e. The van der Waals surface area contributed by atoms with Gasteiger partial charge in [-0.1, -0.05) is 18.2 Å². The quantitative estimate of drug-likeness (QED) is 0.277. The maximum absolute atomic E-state index is 13.1. The number of rotatable bonds is 9. The molecule has 2 N–H and O–H groups in total. The summed E-state index contributed by atoms with van der Waals surface area (Å²) in [5.41, 5.74) is -0.363. The second-order valence-electron chi connectivity index (χ2n) is 7.54. The largest absolute Gasteiger partial charge is 0.503 e. The molecule has 0 saturated heterocycles. The first-order chi connectivity index (χ1) is 17.4. The van der Waals surface area contributed by atoms with Crippen LogP contribution < -0.4 is 23.7 Å². The second-order valence-corrected chi connectivity index (χ2v) is 9.22. The molecule has 0 aliphatic rings. The molecule has 0 radical (unpaired) electrons. The first kappa shape index (κ1) is 27.5. The molecular weight excluding hydrogens is 515 g/mol. The van der Waals surface area contributed by atoms with E-state index in [-0.39, 0.29) is 11.4 Å². The Kier molecular flexibility index (Phi) is 8.12. The lowest BCUT2D eigenvalue weighted by molar-refractivity contribution is -0.137. The van der Waals surface area contributed by atoms with Gasteiger partial charge in [-0.25, -0.2) is 8.42 Å². The van der Waals surface area contributed by atoms with E-state index in [0.29, 0.717) is 34.4 Å². The SMILES string of the molecule is COc1cc(/C=C\c2cc(OC)c(OC)c(OC)c2)cc(NS(=O)(=O)c2cccc(C(F)(F)F)c2)c1O. The summed E-state index contributed by atoms with van der Waals surface area (Å²) >= 11 is 0. The summed E-state index contributed by atoms with van der Waals surface area (Å²) in [6, 6.07) is 9.39. The molecule has 0 spiro atoms. The van der Waals surface area contributed by atoms with Crippen LogP contribution in [-0.4, -0.2) is 42.0 Å². The summed E-state index contributed by atoms with van der Waals surface area (Å²) in [5, 5.41) is 10.5. The Morgan fingerprint density at radius 2 is 1.35 bits per heavy atom. The van der Waals surface area contributed by atoms with Crippen LogP contribution in [0.5, 0.6) is 28.7 Å². The van der Waals surface area contributed by atoms with Gasteiger partial charge in [0.05, 0.1) is 44.6 Å². The van der Waals surface area contributed by atoms with Crippen molar-refractivity contribution in [3.63, 3.8) is 0 Å². The smallest absolute Gasteiger partial charge is 0.416 e. The lowest BCUT2D eigenvalue weighted by Gasteiger charge is -2.14. The number of phenols is 1. The van der Waals surface area contributed by atoms with Crippen LogP contribution >= 0.6 is 0 Å². The van der Waals surface area contributed by atoms with Gasteiger partial charge in [0.1, 0.15) is 0 Å². The molecule has 0 heterocycles. The monoisotopic (exact) mass is 539 g/mol. The Hall–Kier alpha value is -4.06. The van der Waals surface area contributed by atoms with E-state index in [1.54, 1.807) is 24.3 Å². The summed E-state index contributed by atoms with van der Waals surface area (Å²) in [5.74, 6) is 0.634. The number of nitrogens with one attached hydrogen (secondary N) is 1. The van der Waals surface area contributed by atoms with Crippen molar-refractivity contribution in [2.24, 2.45) is 0 Å². The predicted octanol–water partition coefficient (Wildman–Crippen LogP) is 5.42. The van der Waals surface area contributed by atoms with Crippen LogP contribution in [0.3, 0.4) is 0 Å². The van der Waals surface area contributed by atoms with E-state index < -0.39 is 32.4 Å². The zero-order chi connectivity index (χ0) is 27.4. The first-order valence-electron chi connectivity index (χ1n) is 10.5. The van der Waals surface area contributed by atoms with Gasteiger partial charge in [-0.15, -0.1) is 0 Å². The Bertz CT molecular complexity index is 1400. The molecule has 3 rings (SSSR count). The number of sulfonamides is 1. The number of hydrogen-bond acceptors (Lipinski definition) is 7. The highest BCUT2D eigenvalue weighted by atomic mass is 32.2. The fourth-order valence-corrected chi connectivity index (χ4v) is 4.49. The van der Waals surface area contributed by atoms with Crippen molar-refractivity contribution < 1.29 is 45.6 Å². The maximum atomic E-state index is 13.1. The van der Waals surface area contributed by atoms with Crippen molar-refractivity contribution in [1.29, 1.82) is 0 Å². The number of alkyl halides is 3. The molecule has 3 aromatic rings. The molecule has 0 unspecified atom stereocenters. The van der Waals surface area contributed by atoms with Gasteiger partial charge in [0.2, 0.25) is 5.75 Å². The average molecular weight is 540 g/mol. The summed E-state index contributed by atoms with van der Waals surface area (Å²) < 4.78 is 88.1. The van der Waals surface area contributed by atoms with Crippen molar-refractivity contribution in [1.82, 2.24) is 0 Å². The molecule has 12 heteroatoms. The van der Waals surface area contributed by atoms with Crippen LogP contribution in [0.1, 0.15) is 16.7 Å². The van der Waals surface area contributed by atoms with E-state index in [4.69, 9.17) is 18.9 Å². The minimum atomic E-state index is -4.73. The highest BCUT2D eigenvalue weighted by Crippen LogP contribution is 2.40. The van der Waals surface area contributed by atoms with Gasteiger partial charge in [0.25, 0.3) is 10.0 Å². The number of aromatic hydroxyl groups is 1. The third-order valence-electron chi connectivity index (χ3n) is 5.19. The molecule has 0 bridgehead atoms. The highest BCUT2D eigenvalue weighted by molar-refractivity contribution is 7.92. The fraction of sp³-hybridized carbons (Fsp3) is 0.200. The number of methoxy groups -OCH3 is 4. The van der Waals surface area contributed by atoms with Gasteiger partial charge in [-0.05, 0) is 53.6 Å². The molecule has 198 valence electrons. The maximum Gasteiger partial charge on any atom is 0.416 e. The van der Waals surface area contributed by atoms with Gasteiger partial charge in [0.15, 0.2) is 23.0 Å².